The van der Waals surface area contributed by atoms with Crippen molar-refractivity contribution in [2.24, 2.45) is 0 Å². The van der Waals surface area contributed by atoms with Crippen LogP contribution >= 0.6 is 0 Å². The fraction of sp³-hybridized carbons (Fsp3) is 0. The van der Waals surface area contributed by atoms with Crippen molar-refractivity contribution in [3.63, 3.8) is 0 Å². The van der Waals surface area contributed by atoms with Crippen LogP contribution in [0, 0.1) is 60.7 Å². The van der Waals surface area contributed by atoms with E-state index in [0.29, 0.717) is 24.3 Å². The summed E-state index contributed by atoms with van der Waals surface area (Å²) in [5, 5.41) is 67.1. The molecule has 0 radical (unpaired) electrons. The monoisotopic (exact) mass is 500 g/mol. The molecule has 0 saturated heterocycles. The molecule has 4 aromatic rings. The smallest absolute Gasteiger partial charge is 0.358 e. The van der Waals surface area contributed by atoms with Gasteiger partial charge in [-0.05, 0) is 19.8 Å². The van der Waals surface area contributed by atoms with Gasteiger partial charge in [-0.1, -0.05) is 0 Å². The topological polar surface area (TPSA) is 285 Å². The summed E-state index contributed by atoms with van der Waals surface area (Å²) in [7, 11) is 0. The van der Waals surface area contributed by atoms with Gasteiger partial charge in [0.1, 0.15) is 0 Å². The number of nitro benzene ring substituents is 4. The number of nitro groups is 6. The molecule has 20 heteroatoms. The second kappa shape index (κ2) is 7.75. The molecule has 0 bridgehead atoms. The molecule has 36 heavy (non-hydrogen) atoms. The van der Waals surface area contributed by atoms with Gasteiger partial charge in [0.25, 0.3) is 0 Å². The van der Waals surface area contributed by atoms with Gasteiger partial charge in [0.05, 0.1) is 19.7 Å². The van der Waals surface area contributed by atoms with Crippen molar-refractivity contribution in [2.75, 3.05) is 0 Å². The van der Waals surface area contributed by atoms with Gasteiger partial charge in [-0.25, -0.2) is 0 Å². The predicted octanol–water partition coefficient (Wildman–Crippen LogP) is 3.39. The van der Waals surface area contributed by atoms with Crippen LogP contribution in [0.4, 0.5) is 34.4 Å². The van der Waals surface area contributed by atoms with E-state index in [-0.39, 0.29) is 10.8 Å². The summed E-state index contributed by atoms with van der Waals surface area (Å²) in [6.45, 7) is 0. The molecule has 0 spiro atoms. The molecule has 0 aliphatic carbocycles. The zero-order valence-corrected chi connectivity index (χ0v) is 16.8. The van der Waals surface area contributed by atoms with E-state index >= 15 is 0 Å². The molecule has 3 aromatic carbocycles. The minimum atomic E-state index is -1.38. The van der Waals surface area contributed by atoms with Gasteiger partial charge in [-0.15, -0.1) is 0 Å². The number of rotatable bonds is 6. The van der Waals surface area contributed by atoms with Crippen molar-refractivity contribution < 1.29 is 29.5 Å². The first-order valence-electron chi connectivity index (χ1n) is 8.99. The Kier molecular flexibility index (Phi) is 4.97. The van der Waals surface area contributed by atoms with E-state index in [1.165, 1.54) is 0 Å². The highest BCUT2D eigenvalue weighted by Gasteiger charge is 2.36. The van der Waals surface area contributed by atoms with Gasteiger partial charge in [0, 0.05) is 45.8 Å². The lowest BCUT2D eigenvalue weighted by Crippen LogP contribution is -2.04. The van der Waals surface area contributed by atoms with Crippen molar-refractivity contribution in [1.82, 2.24) is 9.97 Å². The average Bonchev–Trinajstić information content (AvgIpc) is 2.81. The fourth-order valence-corrected chi connectivity index (χ4v) is 3.61. The molecule has 0 saturated carbocycles. The van der Waals surface area contributed by atoms with Gasteiger partial charge in [0.2, 0.25) is 11.0 Å². The summed E-state index contributed by atoms with van der Waals surface area (Å²) >= 11 is 0. The normalized spacial score (nSPS) is 11.0. The van der Waals surface area contributed by atoms with E-state index in [2.05, 4.69) is 9.97 Å². The lowest BCUT2D eigenvalue weighted by Gasteiger charge is -2.06. The van der Waals surface area contributed by atoms with Crippen LogP contribution in [0.25, 0.3) is 32.6 Å². The largest absolute Gasteiger partial charge is 0.463 e. The number of hydrogen-bond donors (Lipinski definition) is 0. The molecule has 0 aliphatic rings. The van der Waals surface area contributed by atoms with E-state index in [4.69, 9.17) is 0 Å². The van der Waals surface area contributed by atoms with Crippen molar-refractivity contribution in [3.8, 4) is 0 Å². The third-order valence-electron chi connectivity index (χ3n) is 5.02. The van der Waals surface area contributed by atoms with Crippen molar-refractivity contribution >= 4 is 67.0 Å². The Morgan fingerprint density at radius 1 is 0.417 bits per heavy atom. The van der Waals surface area contributed by atoms with Crippen molar-refractivity contribution in [3.05, 3.63) is 85.0 Å². The van der Waals surface area contributed by atoms with Crippen molar-refractivity contribution in [2.45, 2.75) is 0 Å². The molecule has 0 N–H and O–H groups in total. The molecule has 0 atom stereocenters. The fourth-order valence-electron chi connectivity index (χ4n) is 3.61. The Balaban J connectivity index is 2.42. The van der Waals surface area contributed by atoms with Crippen LogP contribution in [0.3, 0.4) is 0 Å². The summed E-state index contributed by atoms with van der Waals surface area (Å²) in [6, 6.07) is 2.49. The Morgan fingerprint density at radius 3 is 0.889 bits per heavy atom. The van der Waals surface area contributed by atoms with E-state index < -0.39 is 85.7 Å². The van der Waals surface area contributed by atoms with Crippen LogP contribution in [0.1, 0.15) is 0 Å². The summed E-state index contributed by atoms with van der Waals surface area (Å²) < 4.78 is 0. The van der Waals surface area contributed by atoms with Gasteiger partial charge < -0.3 is 20.2 Å². The first-order valence-corrected chi connectivity index (χ1v) is 8.99. The first-order chi connectivity index (χ1) is 16.8. The highest BCUT2D eigenvalue weighted by atomic mass is 16.7. The quantitative estimate of drug-likeness (QED) is 0.208. The van der Waals surface area contributed by atoms with Gasteiger partial charge >= 0.3 is 34.4 Å². The van der Waals surface area contributed by atoms with Crippen LogP contribution < -0.4 is 0 Å². The zero-order valence-electron chi connectivity index (χ0n) is 16.8. The first kappa shape index (κ1) is 23.1. The van der Waals surface area contributed by atoms with Gasteiger partial charge in [-0.3, -0.25) is 40.5 Å². The van der Waals surface area contributed by atoms with Crippen molar-refractivity contribution in [1.29, 1.82) is 0 Å². The second-order valence-electron chi connectivity index (χ2n) is 6.88. The van der Waals surface area contributed by atoms with E-state index in [1.54, 1.807) is 0 Å². The molecule has 1 aromatic heterocycles. The Morgan fingerprint density at radius 2 is 0.667 bits per heavy atom. The standard InChI is InChI=1S/C16H4N8O12/c25-19(26)9-1-5-6-2-10(20(27)28)12(22(31)32)4-8(6)14-13(7(5)3-11(9)21(29)30)17-15(23(33)34)16(18-14)24(35)36/h1-4H. The lowest BCUT2D eigenvalue weighted by molar-refractivity contribution is -0.428. The van der Waals surface area contributed by atoms with E-state index in [1.807, 2.05) is 0 Å². The molecular weight excluding hydrogens is 496 g/mol. The molecular formula is C16H4N8O12. The maximum Gasteiger partial charge on any atom is 0.463 e. The summed E-state index contributed by atoms with van der Waals surface area (Å²) in [4.78, 5) is 68.7. The number of nitrogens with zero attached hydrogens (tertiary/aromatic N) is 8. The molecule has 0 unspecified atom stereocenters. The molecule has 180 valence electrons. The third-order valence-corrected chi connectivity index (χ3v) is 5.02. The number of benzene rings is 3. The van der Waals surface area contributed by atoms with Crippen LogP contribution in [0.5, 0.6) is 0 Å². The highest BCUT2D eigenvalue weighted by molar-refractivity contribution is 6.25. The predicted molar refractivity (Wildman–Crippen MR) is 114 cm³/mol. The number of aromatic nitrogens is 2. The van der Waals surface area contributed by atoms with Crippen LogP contribution in [-0.4, -0.2) is 39.5 Å². The molecule has 0 aliphatic heterocycles. The third kappa shape index (κ3) is 3.33. The SMILES string of the molecule is O=[N+]([O-])c1cc2c3cc([N+](=O)[O-])c([N+](=O)[O-])cc3c3nc([N+](=O)[O-])c([N+](=O)[O-])nc3c2cc1[N+](=O)[O-]. The molecule has 1 heterocycles. The van der Waals surface area contributed by atoms with Gasteiger partial charge in [0.15, 0.2) is 0 Å². The number of hydrogen-bond acceptors (Lipinski definition) is 14. The van der Waals surface area contributed by atoms with Crippen LogP contribution in [0.2, 0.25) is 0 Å². The number of fused-ring (bicyclic) bond motifs is 6. The molecule has 4 rings (SSSR count). The maximum absolute atomic E-state index is 11.5. The van der Waals surface area contributed by atoms with Crippen LogP contribution in [0.15, 0.2) is 24.3 Å². The summed E-state index contributed by atoms with van der Waals surface area (Å²) in [6.07, 6.45) is 0. The molecule has 20 nitrogen and oxygen atoms in total. The average molecular weight is 500 g/mol. The molecule has 0 fully saturated rings. The highest BCUT2D eigenvalue weighted by Crippen LogP contribution is 2.44. The Bertz CT molecular complexity index is 1410. The maximum atomic E-state index is 11.5. The second-order valence-corrected chi connectivity index (χ2v) is 6.88. The minimum Gasteiger partial charge on any atom is -0.358 e. The molecule has 0 amide bonds. The van der Waals surface area contributed by atoms with Gasteiger partial charge in [-0.2, -0.15) is 0 Å². The zero-order chi connectivity index (χ0) is 26.6. The van der Waals surface area contributed by atoms with Crippen LogP contribution in [-0.2, 0) is 0 Å². The van der Waals surface area contributed by atoms with E-state index in [0.717, 1.165) is 0 Å². The summed E-state index contributed by atoms with van der Waals surface area (Å²) in [5.74, 6) is -2.77. The Hall–Kier alpha value is -6.08. The lowest BCUT2D eigenvalue weighted by atomic mass is 9.97. The Labute approximate surface area is 192 Å². The minimum absolute atomic E-state index is 0.342. The summed E-state index contributed by atoms with van der Waals surface area (Å²) in [5.41, 5.74) is -5.52. The van der Waals surface area contributed by atoms with E-state index in [9.17, 15) is 60.7 Å².